The van der Waals surface area contributed by atoms with Crippen LogP contribution in [0.2, 0.25) is 0 Å². The Morgan fingerprint density at radius 3 is 2.82 bits per heavy atom. The van der Waals surface area contributed by atoms with Gasteiger partial charge in [0.1, 0.15) is 5.60 Å². The van der Waals surface area contributed by atoms with Crippen LogP contribution in [0.1, 0.15) is 34.1 Å². The van der Waals surface area contributed by atoms with E-state index in [1.807, 2.05) is 20.8 Å². The quantitative estimate of drug-likeness (QED) is 0.721. The fourth-order valence-corrected chi connectivity index (χ4v) is 2.47. The Morgan fingerprint density at radius 1 is 1.47 bits per heavy atom. The van der Waals surface area contributed by atoms with Crippen LogP contribution in [0.15, 0.2) is 0 Å². The van der Waals surface area contributed by atoms with Gasteiger partial charge in [-0.1, -0.05) is 0 Å². The van der Waals surface area contributed by atoms with Crippen LogP contribution in [0, 0.1) is 0 Å². The summed E-state index contributed by atoms with van der Waals surface area (Å²) in [5, 5.41) is 6.25. The van der Waals surface area contributed by atoms with Crippen molar-refractivity contribution in [3.63, 3.8) is 0 Å². The molecular formula is C12H22N2O3. The van der Waals surface area contributed by atoms with Gasteiger partial charge in [-0.15, -0.1) is 0 Å². The van der Waals surface area contributed by atoms with Crippen LogP contribution >= 0.6 is 0 Å². The minimum Gasteiger partial charge on any atom is -0.444 e. The van der Waals surface area contributed by atoms with Crippen molar-refractivity contribution in [2.24, 2.45) is 0 Å². The third kappa shape index (κ3) is 3.10. The normalized spacial score (nSPS) is 36.7. The Morgan fingerprint density at radius 2 is 2.18 bits per heavy atom. The van der Waals surface area contributed by atoms with Crippen molar-refractivity contribution in [1.29, 1.82) is 0 Å². The van der Waals surface area contributed by atoms with E-state index in [1.54, 1.807) is 0 Å². The number of carbonyl (C=O) groups is 1. The smallest absolute Gasteiger partial charge is 0.408 e. The van der Waals surface area contributed by atoms with Crippen molar-refractivity contribution in [2.45, 2.75) is 64.0 Å². The molecule has 0 aliphatic carbocycles. The summed E-state index contributed by atoms with van der Waals surface area (Å²) in [6, 6.07) is 0.379. The maximum atomic E-state index is 11.7. The van der Waals surface area contributed by atoms with Crippen LogP contribution in [0.25, 0.3) is 0 Å². The van der Waals surface area contributed by atoms with E-state index < -0.39 is 5.60 Å². The number of alkyl carbamates (subject to hydrolysis) is 1. The molecule has 2 N–H and O–H groups in total. The summed E-state index contributed by atoms with van der Waals surface area (Å²) in [6.45, 7) is 8.38. The fourth-order valence-electron chi connectivity index (χ4n) is 2.47. The lowest BCUT2D eigenvalue weighted by Crippen LogP contribution is -2.46. The molecule has 2 heterocycles. The number of fused-ring (bicyclic) bond motifs is 1. The molecule has 0 aromatic carbocycles. The van der Waals surface area contributed by atoms with Crippen LogP contribution in [-0.2, 0) is 9.47 Å². The van der Waals surface area contributed by atoms with E-state index in [4.69, 9.17) is 9.47 Å². The second-order valence-corrected chi connectivity index (χ2v) is 5.91. The third-order valence-electron chi connectivity index (χ3n) is 3.07. The first-order valence-corrected chi connectivity index (χ1v) is 6.23. The number of amides is 1. The lowest BCUT2D eigenvalue weighted by atomic mass is 10.1. The first kappa shape index (κ1) is 12.6. The third-order valence-corrected chi connectivity index (χ3v) is 3.07. The highest BCUT2D eigenvalue weighted by Gasteiger charge is 2.44. The maximum absolute atomic E-state index is 11.7. The molecule has 5 nitrogen and oxygen atoms in total. The van der Waals surface area contributed by atoms with E-state index >= 15 is 0 Å². The second kappa shape index (κ2) is 4.46. The summed E-state index contributed by atoms with van der Waals surface area (Å²) in [4.78, 5) is 11.7. The van der Waals surface area contributed by atoms with Gasteiger partial charge in [0.15, 0.2) is 0 Å². The summed E-state index contributed by atoms with van der Waals surface area (Å²) in [5.74, 6) is 0. The van der Waals surface area contributed by atoms with Gasteiger partial charge < -0.3 is 20.1 Å². The zero-order valence-electron chi connectivity index (χ0n) is 10.9. The topological polar surface area (TPSA) is 59.6 Å². The monoisotopic (exact) mass is 242 g/mol. The molecule has 2 saturated heterocycles. The highest BCUT2D eigenvalue weighted by molar-refractivity contribution is 5.68. The van der Waals surface area contributed by atoms with Crippen LogP contribution in [0.3, 0.4) is 0 Å². The summed E-state index contributed by atoms with van der Waals surface area (Å²) in [7, 11) is 0. The molecule has 0 saturated carbocycles. The van der Waals surface area contributed by atoms with Gasteiger partial charge in [0.2, 0.25) is 0 Å². The van der Waals surface area contributed by atoms with Gasteiger partial charge in [0, 0.05) is 12.6 Å². The first-order valence-electron chi connectivity index (χ1n) is 6.23. The molecule has 2 aliphatic rings. The average molecular weight is 242 g/mol. The Bertz CT molecular complexity index is 301. The summed E-state index contributed by atoms with van der Waals surface area (Å²) in [6.07, 6.45) is 0.989. The van der Waals surface area contributed by atoms with Crippen molar-refractivity contribution in [3.8, 4) is 0 Å². The standard InChI is InChI=1S/C12H22N2O3/c1-7-5-8-10(16-7)9(6-13-8)14-11(15)17-12(2,3)4/h7-10,13H,5-6H2,1-4H3,(H,14,15)/t7?,8-,9+,10+/m0/s1. The Labute approximate surface area is 102 Å². The molecule has 2 fully saturated rings. The van der Waals surface area contributed by atoms with Crippen LogP contribution in [0.4, 0.5) is 4.79 Å². The molecule has 5 heteroatoms. The highest BCUT2D eigenvalue weighted by Crippen LogP contribution is 2.26. The summed E-state index contributed by atoms with van der Waals surface area (Å²) >= 11 is 0. The number of carbonyl (C=O) groups excluding carboxylic acids is 1. The minimum atomic E-state index is -0.459. The number of rotatable bonds is 1. The van der Waals surface area contributed by atoms with Gasteiger partial charge in [-0.3, -0.25) is 0 Å². The van der Waals surface area contributed by atoms with Gasteiger partial charge in [-0.2, -0.15) is 0 Å². The molecule has 98 valence electrons. The predicted molar refractivity (Wildman–Crippen MR) is 63.9 cm³/mol. The van der Waals surface area contributed by atoms with Crippen molar-refractivity contribution in [2.75, 3.05) is 6.54 Å². The molecule has 0 bridgehead atoms. The second-order valence-electron chi connectivity index (χ2n) is 5.91. The first-order chi connectivity index (χ1) is 7.85. The Balaban J connectivity index is 1.86. The van der Waals surface area contributed by atoms with Gasteiger partial charge in [0.05, 0.1) is 18.2 Å². The summed E-state index contributed by atoms with van der Waals surface area (Å²) in [5.41, 5.74) is -0.459. The van der Waals surface area contributed by atoms with Gasteiger partial charge in [-0.25, -0.2) is 4.79 Å². The molecule has 0 aromatic heterocycles. The van der Waals surface area contributed by atoms with E-state index in [1.165, 1.54) is 0 Å². The largest absolute Gasteiger partial charge is 0.444 e. The average Bonchev–Trinajstić information content (AvgIpc) is 2.63. The van der Waals surface area contributed by atoms with Crippen LogP contribution in [0.5, 0.6) is 0 Å². The number of nitrogens with one attached hydrogen (secondary N) is 2. The maximum Gasteiger partial charge on any atom is 0.408 e. The number of hydrogen-bond acceptors (Lipinski definition) is 4. The molecule has 0 radical (unpaired) electrons. The molecule has 0 spiro atoms. The van der Waals surface area contributed by atoms with Gasteiger partial charge in [0.25, 0.3) is 0 Å². The Hall–Kier alpha value is -0.810. The lowest BCUT2D eigenvalue weighted by Gasteiger charge is -2.23. The molecule has 4 atom stereocenters. The van der Waals surface area contributed by atoms with Crippen molar-refractivity contribution in [3.05, 3.63) is 0 Å². The Kier molecular flexibility index (Phi) is 3.32. The van der Waals surface area contributed by atoms with Crippen molar-refractivity contribution >= 4 is 6.09 Å². The van der Waals surface area contributed by atoms with E-state index in [2.05, 4.69) is 17.6 Å². The molecule has 2 aliphatic heterocycles. The number of hydrogen-bond donors (Lipinski definition) is 2. The minimum absolute atomic E-state index is 0.0137. The van der Waals surface area contributed by atoms with E-state index in [0.29, 0.717) is 6.04 Å². The zero-order chi connectivity index (χ0) is 12.6. The van der Waals surface area contributed by atoms with Crippen LogP contribution < -0.4 is 10.6 Å². The van der Waals surface area contributed by atoms with Crippen LogP contribution in [-0.4, -0.2) is 42.5 Å². The van der Waals surface area contributed by atoms with Gasteiger partial charge in [-0.05, 0) is 34.1 Å². The van der Waals surface area contributed by atoms with Crippen molar-refractivity contribution < 1.29 is 14.3 Å². The summed E-state index contributed by atoms with van der Waals surface area (Å²) < 4.78 is 11.0. The van der Waals surface area contributed by atoms with E-state index in [9.17, 15) is 4.79 Å². The van der Waals surface area contributed by atoms with E-state index in [-0.39, 0.29) is 24.3 Å². The van der Waals surface area contributed by atoms with E-state index in [0.717, 1.165) is 13.0 Å². The molecular weight excluding hydrogens is 220 g/mol. The lowest BCUT2D eigenvalue weighted by molar-refractivity contribution is 0.0255. The number of ether oxygens (including phenoxy) is 2. The SMILES string of the molecule is CC1C[C@@H]2NC[C@@H](NC(=O)OC(C)(C)C)[C@@H]2O1. The molecule has 1 amide bonds. The highest BCUT2D eigenvalue weighted by atomic mass is 16.6. The van der Waals surface area contributed by atoms with Crippen molar-refractivity contribution in [1.82, 2.24) is 10.6 Å². The fraction of sp³-hybridized carbons (Fsp3) is 0.917. The van der Waals surface area contributed by atoms with Gasteiger partial charge >= 0.3 is 6.09 Å². The molecule has 1 unspecified atom stereocenters. The molecule has 17 heavy (non-hydrogen) atoms. The molecule has 0 aromatic rings. The molecule has 2 rings (SSSR count). The zero-order valence-corrected chi connectivity index (χ0v) is 10.9. The predicted octanol–water partition coefficient (Wildman–Crippen LogP) is 1.03.